The van der Waals surface area contributed by atoms with Crippen molar-refractivity contribution in [2.45, 2.75) is 71.3 Å². The fourth-order valence-corrected chi connectivity index (χ4v) is 2.34. The SMILES string of the molecule is CCc1cc[n+](CCCCCCCCCCO)cc1.[Cl-]. The van der Waals surface area contributed by atoms with Gasteiger partial charge in [-0.05, 0) is 24.8 Å². The van der Waals surface area contributed by atoms with E-state index in [1.165, 1.54) is 50.5 Å². The van der Waals surface area contributed by atoms with E-state index in [0.717, 1.165) is 19.4 Å². The Morgan fingerprint density at radius 3 is 1.85 bits per heavy atom. The molecule has 1 aromatic heterocycles. The zero-order chi connectivity index (χ0) is 13.8. The van der Waals surface area contributed by atoms with Crippen LogP contribution in [0.5, 0.6) is 0 Å². The van der Waals surface area contributed by atoms with E-state index in [4.69, 9.17) is 5.11 Å². The van der Waals surface area contributed by atoms with Crippen molar-refractivity contribution in [1.82, 2.24) is 0 Å². The summed E-state index contributed by atoms with van der Waals surface area (Å²) in [5.74, 6) is 0. The molecule has 116 valence electrons. The molecule has 1 N–H and O–H groups in total. The van der Waals surface area contributed by atoms with Gasteiger partial charge in [-0.2, -0.15) is 0 Å². The maximum absolute atomic E-state index is 8.68. The Bertz CT molecular complexity index is 313. The first kappa shape index (κ1) is 19.4. The number of aryl methyl sites for hydroxylation is 2. The minimum Gasteiger partial charge on any atom is -1.00 e. The van der Waals surface area contributed by atoms with Crippen LogP contribution in [0.15, 0.2) is 24.5 Å². The molecule has 1 rings (SSSR count). The van der Waals surface area contributed by atoms with Gasteiger partial charge in [0.05, 0.1) is 0 Å². The summed E-state index contributed by atoms with van der Waals surface area (Å²) >= 11 is 0. The molecule has 2 nitrogen and oxygen atoms in total. The van der Waals surface area contributed by atoms with E-state index < -0.39 is 0 Å². The van der Waals surface area contributed by atoms with Gasteiger partial charge in [-0.25, -0.2) is 4.57 Å². The molecule has 1 aromatic rings. The molecule has 0 saturated carbocycles. The minimum absolute atomic E-state index is 0. The largest absolute Gasteiger partial charge is 1.00 e. The molecule has 0 unspecified atom stereocenters. The van der Waals surface area contributed by atoms with Gasteiger partial charge in [-0.15, -0.1) is 0 Å². The lowest BCUT2D eigenvalue weighted by Crippen LogP contribution is -3.00. The molecule has 1 heterocycles. The standard InChI is InChI=1S/C17H30NO.ClH/c1-2-17-11-14-18(15-12-17)13-9-7-5-3-4-6-8-10-16-19;/h11-12,14-15,19H,2-10,13,16H2,1H3;1H/q+1;/p-1. The molecule has 0 radical (unpaired) electrons. The average Bonchev–Trinajstić information content (AvgIpc) is 2.46. The van der Waals surface area contributed by atoms with E-state index in [2.05, 4.69) is 36.0 Å². The molecule has 0 bridgehead atoms. The zero-order valence-electron chi connectivity index (χ0n) is 12.9. The fourth-order valence-electron chi connectivity index (χ4n) is 2.34. The van der Waals surface area contributed by atoms with Crippen LogP contribution in [0.25, 0.3) is 0 Å². The summed E-state index contributed by atoms with van der Waals surface area (Å²) in [5.41, 5.74) is 1.42. The number of hydrogen-bond acceptors (Lipinski definition) is 1. The van der Waals surface area contributed by atoms with Crippen LogP contribution in [0.2, 0.25) is 0 Å². The minimum atomic E-state index is 0. The Labute approximate surface area is 130 Å². The summed E-state index contributed by atoms with van der Waals surface area (Å²) in [6.45, 7) is 3.70. The smallest absolute Gasteiger partial charge is 0.169 e. The highest BCUT2D eigenvalue weighted by Gasteiger charge is 2.00. The third-order valence-electron chi connectivity index (χ3n) is 3.69. The second-order valence-corrected chi connectivity index (χ2v) is 5.35. The molecule has 0 aliphatic heterocycles. The van der Waals surface area contributed by atoms with Gasteiger partial charge in [0.1, 0.15) is 6.54 Å². The number of nitrogens with zero attached hydrogens (tertiary/aromatic N) is 1. The van der Waals surface area contributed by atoms with E-state index in [-0.39, 0.29) is 12.4 Å². The topological polar surface area (TPSA) is 24.1 Å². The molecule has 0 atom stereocenters. The zero-order valence-corrected chi connectivity index (χ0v) is 13.6. The van der Waals surface area contributed by atoms with Gasteiger partial charge < -0.3 is 17.5 Å². The fraction of sp³-hybridized carbons (Fsp3) is 0.706. The number of hydrogen-bond donors (Lipinski definition) is 1. The van der Waals surface area contributed by atoms with Gasteiger partial charge in [0, 0.05) is 25.2 Å². The van der Waals surface area contributed by atoms with E-state index in [9.17, 15) is 0 Å². The van der Waals surface area contributed by atoms with Gasteiger partial charge >= 0.3 is 0 Å². The molecule has 0 spiro atoms. The lowest BCUT2D eigenvalue weighted by Gasteiger charge is -2.01. The number of pyridine rings is 1. The second-order valence-electron chi connectivity index (χ2n) is 5.35. The van der Waals surface area contributed by atoms with E-state index >= 15 is 0 Å². The molecule has 0 saturated heterocycles. The van der Waals surface area contributed by atoms with Crippen LogP contribution >= 0.6 is 0 Å². The Kier molecular flexibility index (Phi) is 13.0. The first-order valence-corrected chi connectivity index (χ1v) is 7.95. The number of unbranched alkanes of at least 4 members (excludes halogenated alkanes) is 7. The number of rotatable bonds is 11. The first-order valence-electron chi connectivity index (χ1n) is 7.95. The first-order chi connectivity index (χ1) is 9.36. The van der Waals surface area contributed by atoms with Crippen LogP contribution in [0.3, 0.4) is 0 Å². The highest BCUT2D eigenvalue weighted by molar-refractivity contribution is 5.06. The quantitative estimate of drug-likeness (QED) is 0.471. The molecular formula is C17H30ClNO. The van der Waals surface area contributed by atoms with Gasteiger partial charge in [0.15, 0.2) is 12.4 Å². The summed E-state index contributed by atoms with van der Waals surface area (Å²) in [5, 5.41) is 8.68. The highest BCUT2D eigenvalue weighted by atomic mass is 35.5. The lowest BCUT2D eigenvalue weighted by molar-refractivity contribution is -0.697. The highest BCUT2D eigenvalue weighted by Crippen LogP contribution is 2.08. The molecule has 0 aliphatic carbocycles. The predicted molar refractivity (Wildman–Crippen MR) is 80.0 cm³/mol. The summed E-state index contributed by atoms with van der Waals surface area (Å²) in [6, 6.07) is 4.45. The van der Waals surface area contributed by atoms with Gasteiger partial charge in [0.25, 0.3) is 0 Å². The molecular weight excluding hydrogens is 270 g/mol. The number of aliphatic hydroxyl groups excluding tert-OH is 1. The molecule has 0 aromatic carbocycles. The van der Waals surface area contributed by atoms with Gasteiger partial charge in [-0.3, -0.25) is 0 Å². The molecule has 20 heavy (non-hydrogen) atoms. The maximum Gasteiger partial charge on any atom is 0.169 e. The van der Waals surface area contributed by atoms with Gasteiger partial charge in [-0.1, -0.05) is 39.0 Å². The van der Waals surface area contributed by atoms with E-state index in [1.807, 2.05) is 0 Å². The summed E-state index contributed by atoms with van der Waals surface area (Å²) in [6.07, 6.45) is 15.6. The van der Waals surface area contributed by atoms with Crippen molar-refractivity contribution in [3.05, 3.63) is 30.1 Å². The number of aromatic nitrogens is 1. The Hall–Kier alpha value is -0.600. The van der Waals surface area contributed by atoms with Crippen molar-refractivity contribution in [1.29, 1.82) is 0 Å². The Balaban J connectivity index is 0.00000361. The normalized spacial score (nSPS) is 10.3. The second kappa shape index (κ2) is 13.4. The van der Waals surface area contributed by atoms with Crippen LogP contribution in [-0.2, 0) is 13.0 Å². The summed E-state index contributed by atoms with van der Waals surface area (Å²) < 4.78 is 2.29. The Morgan fingerprint density at radius 1 is 0.850 bits per heavy atom. The number of aliphatic hydroxyl groups is 1. The predicted octanol–water partition coefficient (Wildman–Crippen LogP) is 0.654. The van der Waals surface area contributed by atoms with Crippen LogP contribution in [0.1, 0.15) is 63.9 Å². The van der Waals surface area contributed by atoms with Crippen molar-refractivity contribution in [3.8, 4) is 0 Å². The molecule has 0 amide bonds. The van der Waals surface area contributed by atoms with Crippen molar-refractivity contribution in [2.75, 3.05) is 6.61 Å². The molecule has 0 aliphatic rings. The lowest BCUT2D eigenvalue weighted by atomic mass is 10.1. The number of halogens is 1. The third kappa shape index (κ3) is 9.33. The van der Waals surface area contributed by atoms with Crippen molar-refractivity contribution < 1.29 is 22.1 Å². The van der Waals surface area contributed by atoms with Crippen molar-refractivity contribution in [3.63, 3.8) is 0 Å². The van der Waals surface area contributed by atoms with Crippen molar-refractivity contribution >= 4 is 0 Å². The third-order valence-corrected chi connectivity index (χ3v) is 3.69. The van der Waals surface area contributed by atoms with Crippen LogP contribution in [0, 0.1) is 0 Å². The van der Waals surface area contributed by atoms with E-state index in [1.54, 1.807) is 0 Å². The average molecular weight is 300 g/mol. The van der Waals surface area contributed by atoms with E-state index in [0.29, 0.717) is 6.61 Å². The summed E-state index contributed by atoms with van der Waals surface area (Å²) in [7, 11) is 0. The summed E-state index contributed by atoms with van der Waals surface area (Å²) in [4.78, 5) is 0. The monoisotopic (exact) mass is 299 g/mol. The van der Waals surface area contributed by atoms with Crippen LogP contribution < -0.4 is 17.0 Å². The van der Waals surface area contributed by atoms with Gasteiger partial charge in [0.2, 0.25) is 0 Å². The maximum atomic E-state index is 8.68. The Morgan fingerprint density at radius 2 is 1.35 bits per heavy atom. The van der Waals surface area contributed by atoms with Crippen molar-refractivity contribution in [2.24, 2.45) is 0 Å². The van der Waals surface area contributed by atoms with Crippen LogP contribution in [0.4, 0.5) is 0 Å². The van der Waals surface area contributed by atoms with Crippen LogP contribution in [-0.4, -0.2) is 11.7 Å². The molecule has 3 heteroatoms. The molecule has 0 fully saturated rings.